The maximum absolute atomic E-state index is 11.5. The Morgan fingerprint density at radius 1 is 1.56 bits per heavy atom. The maximum Gasteiger partial charge on any atom is 0.354 e. The van der Waals surface area contributed by atoms with Crippen LogP contribution in [0.15, 0.2) is 23.1 Å². The second-order valence-electron chi connectivity index (χ2n) is 3.02. The lowest BCUT2D eigenvalue weighted by Gasteiger charge is -2.11. The van der Waals surface area contributed by atoms with Crippen molar-refractivity contribution in [3.63, 3.8) is 0 Å². The fraction of sp³-hybridized carbons (Fsp3) is 0.300. The van der Waals surface area contributed by atoms with E-state index >= 15 is 0 Å². The maximum atomic E-state index is 11.5. The predicted molar refractivity (Wildman–Crippen MR) is 57.8 cm³/mol. The molecule has 88 valence electrons. The van der Waals surface area contributed by atoms with Gasteiger partial charge in [0.25, 0.3) is 0 Å². The molecule has 0 aliphatic heterocycles. The van der Waals surface area contributed by atoms with Gasteiger partial charge in [0.1, 0.15) is 5.75 Å². The van der Waals surface area contributed by atoms with Crippen LogP contribution in [0.25, 0.3) is 0 Å². The van der Waals surface area contributed by atoms with Crippen molar-refractivity contribution in [3.8, 4) is 5.75 Å². The number of aliphatic hydroxyl groups excluding tert-OH is 1. The molecule has 0 aromatic heterocycles. The number of rotatable bonds is 5. The number of aliphatic hydroxyl groups is 1. The standard InChI is InChI=1S/C10H12O5S/c1-15-9-4-8(3-2-7(9)5-11)16(14)6-10(12)13/h2-4,11H,5-6H2,1H3,(H,12,13). The minimum Gasteiger partial charge on any atom is -0.611 e. The Bertz CT molecular complexity index is 379. The highest BCUT2D eigenvalue weighted by Crippen LogP contribution is 2.23. The molecule has 1 aromatic rings. The van der Waals surface area contributed by atoms with E-state index in [1.165, 1.54) is 19.2 Å². The Hall–Kier alpha value is -1.24. The zero-order valence-corrected chi connectivity index (χ0v) is 9.49. The first-order chi connectivity index (χ1) is 7.58. The molecule has 0 amide bonds. The Kier molecular flexibility index (Phi) is 4.60. The van der Waals surface area contributed by atoms with Crippen LogP contribution in [-0.4, -0.2) is 33.6 Å². The number of hydrogen-bond acceptors (Lipinski definition) is 4. The molecule has 5 nitrogen and oxygen atoms in total. The van der Waals surface area contributed by atoms with Crippen LogP contribution in [0.4, 0.5) is 0 Å². The number of carboxylic acids is 1. The van der Waals surface area contributed by atoms with Gasteiger partial charge >= 0.3 is 5.97 Å². The highest BCUT2D eigenvalue weighted by atomic mass is 32.2. The molecular formula is C10H12O5S. The summed E-state index contributed by atoms with van der Waals surface area (Å²) in [6.07, 6.45) is 0. The summed E-state index contributed by atoms with van der Waals surface area (Å²) in [5, 5.41) is 17.5. The van der Waals surface area contributed by atoms with Gasteiger partial charge in [-0.05, 0) is 23.3 Å². The number of hydrogen-bond donors (Lipinski definition) is 2. The predicted octanol–water partition coefficient (Wildman–Crippen LogP) is 0.380. The quantitative estimate of drug-likeness (QED) is 0.731. The zero-order chi connectivity index (χ0) is 12.1. The highest BCUT2D eigenvalue weighted by Gasteiger charge is 2.17. The number of aliphatic carboxylic acids is 1. The van der Waals surface area contributed by atoms with E-state index < -0.39 is 22.9 Å². The van der Waals surface area contributed by atoms with Crippen molar-refractivity contribution < 1.29 is 24.3 Å². The van der Waals surface area contributed by atoms with E-state index in [4.69, 9.17) is 14.9 Å². The van der Waals surface area contributed by atoms with Crippen LogP contribution in [0, 0.1) is 0 Å². The lowest BCUT2D eigenvalue weighted by atomic mass is 10.2. The molecule has 0 bridgehead atoms. The normalized spacial score (nSPS) is 12.2. The topological polar surface area (TPSA) is 89.8 Å². The first-order valence-corrected chi connectivity index (χ1v) is 5.78. The van der Waals surface area contributed by atoms with Gasteiger partial charge in [-0.3, -0.25) is 0 Å². The molecule has 0 spiro atoms. The minimum atomic E-state index is -1.60. The molecule has 0 radical (unpaired) electrons. The second kappa shape index (κ2) is 5.74. The van der Waals surface area contributed by atoms with Gasteiger partial charge in [-0.25, -0.2) is 4.79 Å². The summed E-state index contributed by atoms with van der Waals surface area (Å²) in [5.74, 6) is -1.16. The average molecular weight is 244 g/mol. The van der Waals surface area contributed by atoms with E-state index in [1.807, 2.05) is 0 Å². The molecule has 0 aliphatic carbocycles. The van der Waals surface area contributed by atoms with Crippen molar-refractivity contribution in [2.75, 3.05) is 12.9 Å². The van der Waals surface area contributed by atoms with Crippen LogP contribution >= 0.6 is 0 Å². The largest absolute Gasteiger partial charge is 0.611 e. The van der Waals surface area contributed by atoms with E-state index in [0.29, 0.717) is 16.2 Å². The van der Waals surface area contributed by atoms with Gasteiger partial charge in [0.2, 0.25) is 5.75 Å². The van der Waals surface area contributed by atoms with Gasteiger partial charge in [-0.2, -0.15) is 0 Å². The van der Waals surface area contributed by atoms with Gasteiger partial charge in [0.15, 0.2) is 4.90 Å². The molecule has 0 fully saturated rings. The van der Waals surface area contributed by atoms with Gasteiger partial charge < -0.3 is 19.5 Å². The van der Waals surface area contributed by atoms with Crippen molar-refractivity contribution in [2.45, 2.75) is 11.5 Å². The summed E-state index contributed by atoms with van der Waals surface area (Å²) in [7, 11) is 1.43. The molecule has 1 atom stereocenters. The average Bonchev–Trinajstić information content (AvgIpc) is 2.27. The zero-order valence-electron chi connectivity index (χ0n) is 8.67. The molecule has 2 N–H and O–H groups in total. The van der Waals surface area contributed by atoms with E-state index in [9.17, 15) is 9.35 Å². The monoisotopic (exact) mass is 244 g/mol. The first kappa shape index (κ1) is 12.8. The van der Waals surface area contributed by atoms with Crippen LogP contribution in [-0.2, 0) is 22.6 Å². The van der Waals surface area contributed by atoms with Crippen LogP contribution in [0.2, 0.25) is 0 Å². The van der Waals surface area contributed by atoms with Gasteiger partial charge in [-0.1, -0.05) is 0 Å². The summed E-state index contributed by atoms with van der Waals surface area (Å²) < 4.78 is 16.5. The second-order valence-corrected chi connectivity index (χ2v) is 4.47. The summed E-state index contributed by atoms with van der Waals surface area (Å²) in [5.41, 5.74) is 0.568. The SMILES string of the molecule is COc1cc([S+]([O-])CC(=O)O)ccc1CO. The fourth-order valence-electron chi connectivity index (χ4n) is 1.19. The lowest BCUT2D eigenvalue weighted by Crippen LogP contribution is -2.15. The minimum absolute atomic E-state index is 0.185. The van der Waals surface area contributed by atoms with E-state index in [-0.39, 0.29) is 6.61 Å². The number of benzene rings is 1. The van der Waals surface area contributed by atoms with Crippen molar-refractivity contribution >= 4 is 17.1 Å². The fourth-order valence-corrected chi connectivity index (χ4v) is 2.04. The van der Waals surface area contributed by atoms with Crippen molar-refractivity contribution in [1.29, 1.82) is 0 Å². The van der Waals surface area contributed by atoms with Crippen molar-refractivity contribution in [1.82, 2.24) is 0 Å². The lowest BCUT2D eigenvalue weighted by molar-refractivity contribution is -0.134. The third-order valence-electron chi connectivity index (χ3n) is 1.95. The smallest absolute Gasteiger partial charge is 0.354 e. The number of methoxy groups -OCH3 is 1. The van der Waals surface area contributed by atoms with E-state index in [0.717, 1.165) is 0 Å². The molecule has 1 aromatic carbocycles. The van der Waals surface area contributed by atoms with E-state index in [1.54, 1.807) is 6.07 Å². The number of ether oxygens (including phenoxy) is 1. The molecule has 0 saturated carbocycles. The molecule has 1 rings (SSSR count). The Morgan fingerprint density at radius 2 is 2.25 bits per heavy atom. The molecule has 6 heteroatoms. The molecule has 0 aliphatic rings. The van der Waals surface area contributed by atoms with Crippen LogP contribution < -0.4 is 4.74 Å². The van der Waals surface area contributed by atoms with Crippen molar-refractivity contribution in [3.05, 3.63) is 23.8 Å². The Morgan fingerprint density at radius 3 is 2.75 bits per heavy atom. The molecule has 0 saturated heterocycles. The third kappa shape index (κ3) is 3.13. The summed E-state index contributed by atoms with van der Waals surface area (Å²) in [6.45, 7) is -0.185. The molecule has 1 unspecified atom stereocenters. The molecule has 16 heavy (non-hydrogen) atoms. The summed E-state index contributed by atoms with van der Waals surface area (Å²) in [6, 6.07) is 4.56. The molecular weight excluding hydrogens is 232 g/mol. The summed E-state index contributed by atoms with van der Waals surface area (Å²) >= 11 is -1.60. The van der Waals surface area contributed by atoms with Gasteiger partial charge in [0, 0.05) is 11.6 Å². The first-order valence-electron chi connectivity index (χ1n) is 4.46. The molecule has 0 heterocycles. The number of carboxylic acid groups (broad SMARTS) is 1. The Labute approximate surface area is 95.8 Å². The van der Waals surface area contributed by atoms with Gasteiger partial charge in [0.05, 0.1) is 13.7 Å². The summed E-state index contributed by atoms with van der Waals surface area (Å²) in [4.78, 5) is 10.8. The van der Waals surface area contributed by atoms with E-state index in [2.05, 4.69) is 0 Å². The Balaban J connectivity index is 2.93. The van der Waals surface area contributed by atoms with Crippen LogP contribution in [0.5, 0.6) is 5.75 Å². The number of carbonyl (C=O) groups is 1. The van der Waals surface area contributed by atoms with Gasteiger partial charge in [-0.15, -0.1) is 0 Å². The van der Waals surface area contributed by atoms with Crippen LogP contribution in [0.1, 0.15) is 5.56 Å². The third-order valence-corrected chi connectivity index (χ3v) is 3.24. The van der Waals surface area contributed by atoms with Crippen LogP contribution in [0.3, 0.4) is 0 Å². The highest BCUT2D eigenvalue weighted by molar-refractivity contribution is 7.92. The van der Waals surface area contributed by atoms with Crippen molar-refractivity contribution in [2.24, 2.45) is 0 Å².